The first-order valence-electron chi connectivity index (χ1n) is 3.86. The van der Waals surface area contributed by atoms with Gasteiger partial charge in [0.1, 0.15) is 12.2 Å². The Balaban J connectivity index is 2.46. The molecule has 3 N–H and O–H groups in total. The molecule has 2 fully saturated rings. The zero-order chi connectivity index (χ0) is 9.69. The third kappa shape index (κ3) is 0.790. The second-order valence-corrected chi connectivity index (χ2v) is 3.40. The molecule has 1 amide bonds. The first kappa shape index (κ1) is 8.46. The second-order valence-electron chi connectivity index (χ2n) is 3.40. The van der Waals surface area contributed by atoms with Gasteiger partial charge in [-0.15, -0.1) is 0 Å². The lowest BCUT2D eigenvalue weighted by atomic mass is 9.84. The number of carbonyl (C=O) groups is 2. The Bertz CT molecular complexity index is 291. The third-order valence-corrected chi connectivity index (χ3v) is 2.63. The van der Waals surface area contributed by atoms with Gasteiger partial charge in [-0.25, -0.2) is 4.79 Å². The Hall–Kier alpha value is -1.14. The Kier molecular flexibility index (Phi) is 1.44. The maximum absolute atomic E-state index is 11.2. The summed E-state index contributed by atoms with van der Waals surface area (Å²) >= 11 is 0. The largest absolute Gasteiger partial charge is 0.461 e. The number of nitrogens with one attached hydrogen (secondary N) is 1. The lowest BCUT2D eigenvalue weighted by Gasteiger charge is -2.27. The number of carbonyl (C=O) groups excluding carboxylic acids is 2. The van der Waals surface area contributed by atoms with E-state index in [-0.39, 0.29) is 13.0 Å². The van der Waals surface area contributed by atoms with Crippen molar-refractivity contribution < 1.29 is 24.5 Å². The Morgan fingerprint density at radius 3 is 2.77 bits per heavy atom. The second kappa shape index (κ2) is 2.21. The summed E-state index contributed by atoms with van der Waals surface area (Å²) in [7, 11) is 0. The van der Waals surface area contributed by atoms with E-state index in [0.29, 0.717) is 0 Å². The van der Waals surface area contributed by atoms with Crippen molar-refractivity contribution in [2.75, 3.05) is 13.2 Å². The number of rotatable bonds is 1. The summed E-state index contributed by atoms with van der Waals surface area (Å²) in [5.41, 5.74) is -3.22. The molecular formula is C7H9NO5. The summed E-state index contributed by atoms with van der Waals surface area (Å²) in [6.45, 7) is -0.890. The lowest BCUT2D eigenvalue weighted by Crippen LogP contribution is -2.61. The minimum atomic E-state index is -1.63. The summed E-state index contributed by atoms with van der Waals surface area (Å²) in [5.74, 6) is -1.23. The van der Waals surface area contributed by atoms with E-state index in [1.54, 1.807) is 0 Å². The van der Waals surface area contributed by atoms with Crippen LogP contribution in [0.2, 0.25) is 0 Å². The molecule has 0 aromatic heterocycles. The number of aliphatic hydroxyl groups excluding tert-OH is 1. The highest BCUT2D eigenvalue weighted by atomic mass is 16.6. The molecule has 72 valence electrons. The van der Waals surface area contributed by atoms with Crippen molar-refractivity contribution in [3.63, 3.8) is 0 Å². The van der Waals surface area contributed by atoms with Crippen LogP contribution in [-0.4, -0.2) is 46.4 Å². The van der Waals surface area contributed by atoms with Crippen LogP contribution in [0.5, 0.6) is 0 Å². The van der Waals surface area contributed by atoms with Gasteiger partial charge < -0.3 is 20.3 Å². The van der Waals surface area contributed by atoms with Crippen LogP contribution >= 0.6 is 0 Å². The van der Waals surface area contributed by atoms with Gasteiger partial charge >= 0.3 is 5.97 Å². The van der Waals surface area contributed by atoms with Gasteiger partial charge in [0, 0.05) is 0 Å². The van der Waals surface area contributed by atoms with Crippen molar-refractivity contribution in [3.05, 3.63) is 0 Å². The zero-order valence-electron chi connectivity index (χ0n) is 6.74. The quantitative estimate of drug-likeness (QED) is 0.395. The van der Waals surface area contributed by atoms with Gasteiger partial charge in [0.05, 0.1) is 13.0 Å². The average molecular weight is 187 g/mol. The minimum absolute atomic E-state index is 0.209. The van der Waals surface area contributed by atoms with E-state index in [1.807, 2.05) is 0 Å². The predicted octanol–water partition coefficient (Wildman–Crippen LogP) is -2.47. The van der Waals surface area contributed by atoms with Crippen molar-refractivity contribution >= 4 is 11.9 Å². The van der Waals surface area contributed by atoms with Crippen LogP contribution in [0.4, 0.5) is 0 Å². The normalized spacial score (nSPS) is 42.9. The summed E-state index contributed by atoms with van der Waals surface area (Å²) in [6, 6.07) is 0. The van der Waals surface area contributed by atoms with Crippen molar-refractivity contribution in [2.24, 2.45) is 0 Å². The first-order chi connectivity index (χ1) is 6.04. The number of aliphatic hydroxyl groups is 2. The molecule has 0 aliphatic carbocycles. The summed E-state index contributed by atoms with van der Waals surface area (Å²) in [5, 5.41) is 21.1. The van der Waals surface area contributed by atoms with Gasteiger partial charge in [-0.1, -0.05) is 0 Å². The fourth-order valence-electron chi connectivity index (χ4n) is 1.79. The topological polar surface area (TPSA) is 95.9 Å². The molecule has 0 unspecified atom stereocenters. The number of amides is 1. The van der Waals surface area contributed by atoms with Crippen LogP contribution in [0.3, 0.4) is 0 Å². The summed E-state index contributed by atoms with van der Waals surface area (Å²) in [6.07, 6.45) is -0.209. The molecule has 2 aliphatic heterocycles. The lowest BCUT2D eigenvalue weighted by molar-refractivity contribution is -0.146. The van der Waals surface area contributed by atoms with Crippen molar-refractivity contribution in [1.29, 1.82) is 0 Å². The Labute approximate surface area is 73.5 Å². The number of hydrogen-bond donors (Lipinski definition) is 3. The Morgan fingerprint density at radius 1 is 1.54 bits per heavy atom. The highest BCUT2D eigenvalue weighted by molar-refractivity contribution is 5.96. The molecule has 6 heteroatoms. The van der Waals surface area contributed by atoms with Crippen LogP contribution < -0.4 is 5.32 Å². The maximum atomic E-state index is 11.2. The molecule has 0 bridgehead atoms. The van der Waals surface area contributed by atoms with Gasteiger partial charge in [0.2, 0.25) is 5.91 Å². The third-order valence-electron chi connectivity index (χ3n) is 2.63. The monoisotopic (exact) mass is 187 g/mol. The number of ether oxygens (including phenoxy) is 1. The van der Waals surface area contributed by atoms with Crippen molar-refractivity contribution in [2.45, 2.75) is 17.6 Å². The van der Waals surface area contributed by atoms with Gasteiger partial charge in [-0.2, -0.15) is 0 Å². The maximum Gasteiger partial charge on any atom is 0.337 e. The van der Waals surface area contributed by atoms with Gasteiger partial charge in [0.15, 0.2) is 5.54 Å². The highest BCUT2D eigenvalue weighted by Crippen LogP contribution is 2.38. The van der Waals surface area contributed by atoms with E-state index in [0.717, 1.165) is 0 Å². The van der Waals surface area contributed by atoms with Crippen LogP contribution in [0.25, 0.3) is 0 Å². The van der Waals surface area contributed by atoms with Crippen molar-refractivity contribution in [3.8, 4) is 0 Å². The van der Waals surface area contributed by atoms with E-state index < -0.39 is 29.6 Å². The van der Waals surface area contributed by atoms with Crippen LogP contribution in [0, 0.1) is 0 Å². The summed E-state index contributed by atoms with van der Waals surface area (Å²) in [4.78, 5) is 22.2. The van der Waals surface area contributed by atoms with Gasteiger partial charge in [0.25, 0.3) is 0 Å². The molecule has 2 heterocycles. The zero-order valence-corrected chi connectivity index (χ0v) is 6.74. The number of esters is 1. The molecule has 0 aromatic carbocycles. The van der Waals surface area contributed by atoms with Crippen LogP contribution in [0.1, 0.15) is 6.42 Å². The van der Waals surface area contributed by atoms with E-state index in [9.17, 15) is 14.7 Å². The smallest absolute Gasteiger partial charge is 0.337 e. The number of cyclic esters (lactones) is 1. The minimum Gasteiger partial charge on any atom is -0.461 e. The number of hydrogen-bond acceptors (Lipinski definition) is 5. The molecule has 2 atom stereocenters. The average Bonchev–Trinajstić information content (AvgIpc) is 2.45. The van der Waals surface area contributed by atoms with Crippen LogP contribution in [-0.2, 0) is 14.3 Å². The molecule has 2 aliphatic rings. The van der Waals surface area contributed by atoms with E-state index in [2.05, 4.69) is 10.1 Å². The molecule has 13 heavy (non-hydrogen) atoms. The molecule has 0 spiro atoms. The predicted molar refractivity (Wildman–Crippen MR) is 38.5 cm³/mol. The molecule has 0 radical (unpaired) electrons. The van der Waals surface area contributed by atoms with E-state index in [4.69, 9.17) is 5.11 Å². The molecule has 2 rings (SSSR count). The first-order valence-corrected chi connectivity index (χ1v) is 3.86. The van der Waals surface area contributed by atoms with Crippen molar-refractivity contribution in [1.82, 2.24) is 5.32 Å². The van der Waals surface area contributed by atoms with E-state index >= 15 is 0 Å². The summed E-state index contributed by atoms with van der Waals surface area (Å²) < 4.78 is 4.60. The molecular weight excluding hydrogens is 178 g/mol. The van der Waals surface area contributed by atoms with Gasteiger partial charge in [-0.05, 0) is 0 Å². The van der Waals surface area contributed by atoms with E-state index in [1.165, 1.54) is 0 Å². The molecule has 0 saturated carbocycles. The standard InChI is InChI=1S/C7H9NO5/c9-2-7-5(11)13-3-6(7,12)1-4(10)8-7/h9,12H,1-3H2,(H,8,10)/t6-,7-/m0/s1. The fourth-order valence-corrected chi connectivity index (χ4v) is 1.79. The fraction of sp³-hybridized carbons (Fsp3) is 0.714. The molecule has 6 nitrogen and oxygen atoms in total. The highest BCUT2D eigenvalue weighted by Gasteiger charge is 2.68. The number of fused-ring (bicyclic) bond motifs is 1. The molecule has 0 aromatic rings. The Morgan fingerprint density at radius 2 is 2.23 bits per heavy atom. The molecule has 2 saturated heterocycles. The van der Waals surface area contributed by atoms with Crippen LogP contribution in [0.15, 0.2) is 0 Å². The SMILES string of the molecule is O=C1C[C@]2(O)COC(=O)[C@]2(CO)N1. The van der Waals surface area contributed by atoms with Gasteiger partial charge in [-0.3, -0.25) is 4.79 Å².